The Bertz CT molecular complexity index is 670. The van der Waals surface area contributed by atoms with E-state index in [9.17, 15) is 9.59 Å². The van der Waals surface area contributed by atoms with Crippen LogP contribution in [-0.4, -0.2) is 28.0 Å². The number of amides is 1. The van der Waals surface area contributed by atoms with Crippen molar-refractivity contribution in [3.8, 4) is 0 Å². The average molecular weight is 273 g/mol. The lowest BCUT2D eigenvalue weighted by Crippen LogP contribution is -2.23. The molecule has 6 heteroatoms. The number of para-hydroxylation sites is 1. The number of hydrogen-bond acceptors (Lipinski definition) is 4. The first kappa shape index (κ1) is 13.8. The molecule has 0 saturated heterocycles. The number of aliphatic carboxylic acids is 1. The molecule has 4 N–H and O–H groups in total. The van der Waals surface area contributed by atoms with Crippen LogP contribution >= 0.6 is 0 Å². The lowest BCUT2D eigenvalue weighted by molar-refractivity contribution is -0.137. The third-order valence-electron chi connectivity index (χ3n) is 2.85. The molecule has 1 atom stereocenters. The van der Waals surface area contributed by atoms with Crippen LogP contribution in [0.25, 0.3) is 10.9 Å². The molecule has 1 amide bonds. The van der Waals surface area contributed by atoms with Gasteiger partial charge in [-0.25, -0.2) is 4.98 Å². The molecule has 0 aliphatic carbocycles. The number of hydrogen-bond donors (Lipinski definition) is 3. The minimum absolute atomic E-state index is 0.0767. The Hall–Kier alpha value is -2.63. The van der Waals surface area contributed by atoms with E-state index in [1.807, 2.05) is 24.3 Å². The van der Waals surface area contributed by atoms with Gasteiger partial charge in [0.1, 0.15) is 5.82 Å². The van der Waals surface area contributed by atoms with E-state index in [1.165, 1.54) is 0 Å². The molecule has 0 spiro atoms. The van der Waals surface area contributed by atoms with Gasteiger partial charge in [-0.2, -0.15) is 0 Å². The van der Waals surface area contributed by atoms with Gasteiger partial charge in [0.25, 0.3) is 5.91 Å². The number of aromatic nitrogens is 1. The van der Waals surface area contributed by atoms with Crippen molar-refractivity contribution in [1.82, 2.24) is 4.98 Å². The molecule has 0 fully saturated rings. The predicted molar refractivity (Wildman–Crippen MR) is 75.6 cm³/mol. The highest BCUT2D eigenvalue weighted by atomic mass is 16.4. The molecule has 1 heterocycles. The summed E-state index contributed by atoms with van der Waals surface area (Å²) in [6.07, 6.45) is -0.0767. The van der Waals surface area contributed by atoms with Gasteiger partial charge in [0.05, 0.1) is 17.5 Å². The number of nitrogens with one attached hydrogen (secondary N) is 1. The fourth-order valence-electron chi connectivity index (χ4n) is 1.96. The maximum atomic E-state index is 11.5. The van der Waals surface area contributed by atoms with E-state index < -0.39 is 11.9 Å². The molecule has 104 valence electrons. The van der Waals surface area contributed by atoms with E-state index in [0.29, 0.717) is 11.3 Å². The van der Waals surface area contributed by atoms with Gasteiger partial charge in [0.15, 0.2) is 0 Å². The summed E-state index contributed by atoms with van der Waals surface area (Å²) in [5.41, 5.74) is 6.31. The van der Waals surface area contributed by atoms with Crippen LogP contribution in [-0.2, 0) is 4.79 Å². The molecular weight excluding hydrogens is 258 g/mol. The summed E-state index contributed by atoms with van der Waals surface area (Å²) in [7, 11) is 0. The summed E-state index contributed by atoms with van der Waals surface area (Å²) in [4.78, 5) is 26.5. The molecule has 0 aliphatic rings. The first-order valence-corrected chi connectivity index (χ1v) is 6.15. The number of nitrogens with zero attached hydrogens (tertiary/aromatic N) is 1. The number of fused-ring (bicyclic) bond motifs is 1. The van der Waals surface area contributed by atoms with E-state index in [4.69, 9.17) is 10.8 Å². The molecule has 0 bridgehead atoms. The van der Waals surface area contributed by atoms with Crippen LogP contribution in [0, 0.1) is 0 Å². The van der Waals surface area contributed by atoms with Crippen molar-refractivity contribution < 1.29 is 14.7 Å². The molecule has 6 nitrogen and oxygen atoms in total. The third kappa shape index (κ3) is 3.03. The number of carboxylic acids is 1. The minimum atomic E-state index is -0.925. The third-order valence-corrected chi connectivity index (χ3v) is 2.85. The normalized spacial score (nSPS) is 12.1. The number of rotatable bonds is 5. The fraction of sp³-hybridized carbons (Fsp3) is 0.214. The van der Waals surface area contributed by atoms with Crippen molar-refractivity contribution >= 4 is 28.6 Å². The number of primary amides is 1. The Labute approximate surface area is 115 Å². The molecule has 1 aromatic heterocycles. The Kier molecular flexibility index (Phi) is 3.84. The van der Waals surface area contributed by atoms with Crippen LogP contribution in [0.3, 0.4) is 0 Å². The number of nitrogens with two attached hydrogens (primary N) is 1. The Morgan fingerprint density at radius 3 is 2.75 bits per heavy atom. The zero-order valence-corrected chi connectivity index (χ0v) is 11.0. The molecule has 1 unspecified atom stereocenters. The van der Waals surface area contributed by atoms with Crippen LogP contribution in [0.15, 0.2) is 30.3 Å². The van der Waals surface area contributed by atoms with Crippen molar-refractivity contribution in [1.29, 1.82) is 0 Å². The molecule has 0 aliphatic heterocycles. The Morgan fingerprint density at radius 1 is 1.40 bits per heavy atom. The van der Waals surface area contributed by atoms with Crippen molar-refractivity contribution in [2.75, 3.05) is 5.32 Å². The highest BCUT2D eigenvalue weighted by Gasteiger charge is 2.15. The van der Waals surface area contributed by atoms with Gasteiger partial charge in [0.2, 0.25) is 0 Å². The maximum Gasteiger partial charge on any atom is 0.305 e. The number of carbonyl (C=O) groups excluding carboxylic acids is 1. The fourth-order valence-corrected chi connectivity index (χ4v) is 1.96. The maximum absolute atomic E-state index is 11.5. The van der Waals surface area contributed by atoms with Gasteiger partial charge in [-0.1, -0.05) is 18.2 Å². The van der Waals surface area contributed by atoms with E-state index >= 15 is 0 Å². The monoisotopic (exact) mass is 273 g/mol. The van der Waals surface area contributed by atoms with E-state index in [0.717, 1.165) is 5.39 Å². The number of pyridine rings is 1. The number of carbonyl (C=O) groups is 2. The van der Waals surface area contributed by atoms with Gasteiger partial charge in [-0.15, -0.1) is 0 Å². The van der Waals surface area contributed by atoms with Gasteiger partial charge in [-0.05, 0) is 19.1 Å². The Morgan fingerprint density at radius 2 is 2.10 bits per heavy atom. The summed E-state index contributed by atoms with van der Waals surface area (Å²) < 4.78 is 0. The zero-order chi connectivity index (χ0) is 14.7. The number of anilines is 1. The van der Waals surface area contributed by atoms with E-state index in [-0.39, 0.29) is 18.0 Å². The zero-order valence-electron chi connectivity index (χ0n) is 11.0. The van der Waals surface area contributed by atoms with E-state index in [2.05, 4.69) is 10.3 Å². The largest absolute Gasteiger partial charge is 0.481 e. The molecule has 0 saturated carbocycles. The lowest BCUT2D eigenvalue weighted by atomic mass is 10.1. The van der Waals surface area contributed by atoms with Gasteiger partial charge in [-0.3, -0.25) is 9.59 Å². The van der Waals surface area contributed by atoms with E-state index in [1.54, 1.807) is 13.0 Å². The summed E-state index contributed by atoms with van der Waals surface area (Å²) in [6, 6.07) is 8.62. The van der Waals surface area contributed by atoms with Crippen LogP contribution in [0.4, 0.5) is 5.82 Å². The predicted octanol–water partition coefficient (Wildman–Crippen LogP) is 1.61. The quantitative estimate of drug-likeness (QED) is 0.767. The molecule has 2 aromatic rings. The first-order chi connectivity index (χ1) is 9.47. The number of benzene rings is 1. The van der Waals surface area contributed by atoms with Crippen LogP contribution in [0.5, 0.6) is 0 Å². The highest BCUT2D eigenvalue weighted by Crippen LogP contribution is 2.21. The number of carboxylic acid groups (broad SMARTS) is 1. The standard InChI is InChI=1S/C14H15N3O3/c1-8(6-12(18)19)16-14-10(13(15)20)7-9-4-2-3-5-11(9)17-14/h2-5,7-8H,6H2,1H3,(H2,15,20)(H,16,17)(H,18,19). The van der Waals surface area contributed by atoms with Gasteiger partial charge < -0.3 is 16.2 Å². The molecule has 0 radical (unpaired) electrons. The smallest absolute Gasteiger partial charge is 0.305 e. The highest BCUT2D eigenvalue weighted by molar-refractivity contribution is 6.01. The molecule has 20 heavy (non-hydrogen) atoms. The summed E-state index contributed by atoms with van der Waals surface area (Å²) in [6.45, 7) is 1.70. The summed E-state index contributed by atoms with van der Waals surface area (Å²) in [5, 5.41) is 12.5. The Balaban J connectivity index is 2.41. The van der Waals surface area contributed by atoms with Crippen LogP contribution in [0.1, 0.15) is 23.7 Å². The van der Waals surface area contributed by atoms with Crippen LogP contribution in [0.2, 0.25) is 0 Å². The second-order valence-corrected chi connectivity index (χ2v) is 4.58. The lowest BCUT2D eigenvalue weighted by Gasteiger charge is -2.15. The van der Waals surface area contributed by atoms with Crippen molar-refractivity contribution in [3.05, 3.63) is 35.9 Å². The van der Waals surface area contributed by atoms with Crippen molar-refractivity contribution in [2.45, 2.75) is 19.4 Å². The minimum Gasteiger partial charge on any atom is -0.481 e. The molecular formula is C14H15N3O3. The topological polar surface area (TPSA) is 105 Å². The average Bonchev–Trinajstić information content (AvgIpc) is 2.36. The van der Waals surface area contributed by atoms with Gasteiger partial charge >= 0.3 is 5.97 Å². The van der Waals surface area contributed by atoms with Crippen molar-refractivity contribution in [2.24, 2.45) is 5.73 Å². The summed E-state index contributed by atoms with van der Waals surface area (Å²) in [5.74, 6) is -1.22. The molecule has 1 aromatic carbocycles. The second-order valence-electron chi connectivity index (χ2n) is 4.58. The second kappa shape index (κ2) is 5.56. The van der Waals surface area contributed by atoms with Gasteiger partial charge in [0, 0.05) is 11.4 Å². The van der Waals surface area contributed by atoms with Crippen molar-refractivity contribution in [3.63, 3.8) is 0 Å². The summed E-state index contributed by atoms with van der Waals surface area (Å²) >= 11 is 0. The first-order valence-electron chi connectivity index (χ1n) is 6.15. The van der Waals surface area contributed by atoms with Crippen LogP contribution < -0.4 is 11.1 Å². The molecule has 2 rings (SSSR count). The SMILES string of the molecule is CC(CC(=O)O)Nc1nc2ccccc2cc1C(N)=O.